The van der Waals surface area contributed by atoms with Crippen LogP contribution in [0.25, 0.3) is 0 Å². The van der Waals surface area contributed by atoms with Gasteiger partial charge in [-0.25, -0.2) is 9.97 Å². The van der Waals surface area contributed by atoms with E-state index in [-0.39, 0.29) is 0 Å². The highest BCUT2D eigenvalue weighted by Gasteiger charge is 1.88. The molecule has 0 amide bonds. The smallest absolute Gasteiger partial charge is 0.143 e. The summed E-state index contributed by atoms with van der Waals surface area (Å²) in [5.74, 6) is 0.917. The van der Waals surface area contributed by atoms with Gasteiger partial charge in [-0.1, -0.05) is 12.4 Å². The van der Waals surface area contributed by atoms with Crippen molar-refractivity contribution in [1.29, 1.82) is 0 Å². The molecule has 1 aromatic rings. The zero-order valence-electron chi connectivity index (χ0n) is 5.76. The average molecular weight is 120 g/mol. The van der Waals surface area contributed by atoms with Gasteiger partial charge in [0.25, 0.3) is 0 Å². The van der Waals surface area contributed by atoms with Crippen molar-refractivity contribution in [3.05, 3.63) is 18.2 Å². The Bertz CT molecular complexity index is 183. The molecule has 3 heteroatoms. The monoisotopic (exact) mass is 120 g/mol. The molecule has 0 aliphatic carbocycles. The van der Waals surface area contributed by atoms with E-state index in [1.807, 2.05) is 27.2 Å². The summed E-state index contributed by atoms with van der Waals surface area (Å²) in [4.78, 5) is 8.17. The highest BCUT2D eigenvalue weighted by molar-refractivity contribution is 6.31. The van der Waals surface area contributed by atoms with Crippen molar-refractivity contribution in [2.45, 2.75) is 13.3 Å². The van der Waals surface area contributed by atoms with Crippen LogP contribution in [0.4, 0.5) is 0 Å². The Morgan fingerprint density at radius 3 is 2.44 bits per heavy atom. The maximum Gasteiger partial charge on any atom is 0.143 e. The molecular formula is C6H9BN2. The fourth-order valence-electron chi connectivity index (χ4n) is 0.602. The summed E-state index contributed by atoms with van der Waals surface area (Å²) in [6.07, 6.45) is 4.60. The second-order valence-corrected chi connectivity index (χ2v) is 2.03. The van der Waals surface area contributed by atoms with E-state index >= 15 is 0 Å². The summed E-state index contributed by atoms with van der Waals surface area (Å²) in [7, 11) is 1.99. The summed E-state index contributed by atoms with van der Waals surface area (Å²) in [5, 5.41) is 0. The van der Waals surface area contributed by atoms with E-state index in [1.165, 1.54) is 0 Å². The number of rotatable bonds is 1. The van der Waals surface area contributed by atoms with E-state index in [4.69, 9.17) is 0 Å². The molecular weight excluding hydrogens is 111 g/mol. The van der Waals surface area contributed by atoms with Gasteiger partial charge in [0, 0.05) is 18.8 Å². The number of hydrogen-bond acceptors (Lipinski definition) is 2. The number of aromatic nitrogens is 2. The molecule has 1 rings (SSSR count). The van der Waals surface area contributed by atoms with Crippen molar-refractivity contribution in [3.8, 4) is 0 Å². The van der Waals surface area contributed by atoms with E-state index in [1.54, 1.807) is 0 Å². The van der Waals surface area contributed by atoms with Gasteiger partial charge in [-0.3, -0.25) is 0 Å². The molecule has 1 heterocycles. The summed E-state index contributed by atoms with van der Waals surface area (Å²) >= 11 is 0. The first-order valence-corrected chi connectivity index (χ1v) is 3.10. The Labute approximate surface area is 55.8 Å². The van der Waals surface area contributed by atoms with Crippen molar-refractivity contribution in [2.24, 2.45) is 0 Å². The summed E-state index contributed by atoms with van der Waals surface area (Å²) in [5.41, 5.74) is 1.12. The van der Waals surface area contributed by atoms with E-state index in [0.29, 0.717) is 0 Å². The topological polar surface area (TPSA) is 25.8 Å². The molecule has 2 nitrogen and oxygen atoms in total. The lowest BCUT2D eigenvalue weighted by Crippen LogP contribution is -2.06. The molecule has 0 saturated carbocycles. The zero-order valence-corrected chi connectivity index (χ0v) is 5.76. The highest BCUT2D eigenvalue weighted by atomic mass is 14.8. The van der Waals surface area contributed by atoms with Crippen LogP contribution in [0.2, 0.25) is 0 Å². The minimum absolute atomic E-state index is 0.917. The Morgan fingerprint density at radius 2 is 2.00 bits per heavy atom. The third-order valence-corrected chi connectivity index (χ3v) is 1.15. The van der Waals surface area contributed by atoms with Gasteiger partial charge in [-0.05, 0) is 0 Å². The van der Waals surface area contributed by atoms with Crippen molar-refractivity contribution < 1.29 is 0 Å². The maximum atomic E-state index is 4.09. The fraction of sp³-hybridized carbons (Fsp3) is 0.333. The largest absolute Gasteiger partial charge is 0.242 e. The molecule has 0 aliphatic heterocycles. The van der Waals surface area contributed by atoms with Crippen LogP contribution in [0.1, 0.15) is 12.7 Å². The molecule has 0 saturated heterocycles. The number of nitrogens with zero attached hydrogens (tertiary/aromatic N) is 2. The van der Waals surface area contributed by atoms with Crippen molar-refractivity contribution in [3.63, 3.8) is 0 Å². The van der Waals surface area contributed by atoms with Gasteiger partial charge in [0.2, 0.25) is 0 Å². The molecule has 0 fully saturated rings. The van der Waals surface area contributed by atoms with Gasteiger partial charge in [-0.15, -0.1) is 0 Å². The van der Waals surface area contributed by atoms with Crippen molar-refractivity contribution >= 4 is 13.3 Å². The van der Waals surface area contributed by atoms with Gasteiger partial charge in [0.05, 0.1) is 0 Å². The molecule has 0 atom stereocenters. The minimum atomic E-state index is 0.917. The van der Waals surface area contributed by atoms with Crippen LogP contribution in [-0.4, -0.2) is 17.8 Å². The van der Waals surface area contributed by atoms with Crippen molar-refractivity contribution in [2.75, 3.05) is 0 Å². The third-order valence-electron chi connectivity index (χ3n) is 1.15. The lowest BCUT2D eigenvalue weighted by atomic mass is 10.0. The van der Waals surface area contributed by atoms with Crippen LogP contribution in [0.15, 0.2) is 12.4 Å². The van der Waals surface area contributed by atoms with Crippen LogP contribution in [0, 0.1) is 0 Å². The van der Waals surface area contributed by atoms with E-state index in [9.17, 15) is 0 Å². The quantitative estimate of drug-likeness (QED) is 0.458. The van der Waals surface area contributed by atoms with Gasteiger partial charge in [0.1, 0.15) is 13.7 Å². The van der Waals surface area contributed by atoms with Gasteiger partial charge >= 0.3 is 0 Å². The second kappa shape index (κ2) is 2.62. The highest BCUT2D eigenvalue weighted by Crippen LogP contribution is 1.83. The maximum absolute atomic E-state index is 4.09. The lowest BCUT2D eigenvalue weighted by molar-refractivity contribution is 0.945. The van der Waals surface area contributed by atoms with Crippen LogP contribution in [0.3, 0.4) is 0 Å². The van der Waals surface area contributed by atoms with E-state index < -0.39 is 0 Å². The molecule has 0 aromatic carbocycles. The predicted octanol–water partition coefficient (Wildman–Crippen LogP) is -0.703. The SMILES string of the molecule is Bc1cnc(CC)nc1. The normalized spacial score (nSPS) is 9.44. The first-order valence-electron chi connectivity index (χ1n) is 3.10. The zero-order chi connectivity index (χ0) is 6.69. The standard InChI is InChI=1S/C6H9BN2/c1-2-6-8-3-5(7)4-9-6/h3-4H,2,7H2,1H3. The summed E-state index contributed by atoms with van der Waals surface area (Å²) < 4.78 is 0. The van der Waals surface area contributed by atoms with Crippen LogP contribution >= 0.6 is 0 Å². The molecule has 0 bridgehead atoms. The molecule has 1 aromatic heterocycles. The molecule has 9 heavy (non-hydrogen) atoms. The van der Waals surface area contributed by atoms with Crippen LogP contribution < -0.4 is 5.46 Å². The van der Waals surface area contributed by atoms with Gasteiger partial charge < -0.3 is 0 Å². The Kier molecular flexibility index (Phi) is 1.83. The summed E-state index contributed by atoms with van der Waals surface area (Å²) in [6, 6.07) is 0. The first-order chi connectivity index (χ1) is 4.33. The molecule has 0 N–H and O–H groups in total. The average Bonchev–Trinajstić information content (AvgIpc) is 1.90. The number of hydrogen-bond donors (Lipinski definition) is 0. The van der Waals surface area contributed by atoms with Crippen molar-refractivity contribution in [1.82, 2.24) is 9.97 Å². The van der Waals surface area contributed by atoms with Gasteiger partial charge in [0.15, 0.2) is 0 Å². The molecule has 0 unspecified atom stereocenters. The van der Waals surface area contributed by atoms with E-state index in [2.05, 4.69) is 9.97 Å². The first kappa shape index (κ1) is 6.27. The second-order valence-electron chi connectivity index (χ2n) is 2.03. The molecule has 0 radical (unpaired) electrons. The lowest BCUT2D eigenvalue weighted by Gasteiger charge is -1.92. The Balaban J connectivity index is 2.88. The molecule has 0 aliphatic rings. The Morgan fingerprint density at radius 1 is 1.44 bits per heavy atom. The van der Waals surface area contributed by atoms with Crippen LogP contribution in [-0.2, 0) is 6.42 Å². The molecule has 0 spiro atoms. The summed E-state index contributed by atoms with van der Waals surface area (Å²) in [6.45, 7) is 2.05. The fourth-order valence-corrected chi connectivity index (χ4v) is 0.602. The van der Waals surface area contributed by atoms with Gasteiger partial charge in [-0.2, -0.15) is 0 Å². The number of aryl methyl sites for hydroxylation is 1. The minimum Gasteiger partial charge on any atom is -0.242 e. The van der Waals surface area contributed by atoms with E-state index in [0.717, 1.165) is 17.7 Å². The van der Waals surface area contributed by atoms with Crippen LogP contribution in [0.5, 0.6) is 0 Å². The third kappa shape index (κ3) is 1.52. The Hall–Kier alpha value is -0.855. The molecule has 46 valence electrons. The predicted molar refractivity (Wildman–Crippen MR) is 39.6 cm³/mol.